The zero-order valence-corrected chi connectivity index (χ0v) is 12.8. The standard InChI is InChI=1S/C16H19F2NO4/c1-2-23-15(21)16(6-8-22-9-7-16)14(20)19-12-5-3-4-11(10-12)13(17)18/h3-5,10,13H,2,6-9H2,1H3,(H,19,20). The van der Waals surface area contributed by atoms with Crippen molar-refractivity contribution >= 4 is 17.6 Å². The van der Waals surface area contributed by atoms with Gasteiger partial charge in [-0.3, -0.25) is 9.59 Å². The maximum Gasteiger partial charge on any atom is 0.321 e. The van der Waals surface area contributed by atoms with Crippen molar-refractivity contribution in [2.75, 3.05) is 25.1 Å². The van der Waals surface area contributed by atoms with E-state index in [1.807, 2.05) is 0 Å². The Morgan fingerprint density at radius 3 is 2.65 bits per heavy atom. The lowest BCUT2D eigenvalue weighted by atomic mass is 9.79. The van der Waals surface area contributed by atoms with Gasteiger partial charge in [-0.1, -0.05) is 12.1 Å². The van der Waals surface area contributed by atoms with E-state index < -0.39 is 23.7 Å². The number of carbonyl (C=O) groups excluding carboxylic acids is 2. The van der Waals surface area contributed by atoms with Gasteiger partial charge in [0.1, 0.15) is 0 Å². The highest BCUT2D eigenvalue weighted by Crippen LogP contribution is 2.34. The van der Waals surface area contributed by atoms with Crippen LogP contribution in [-0.4, -0.2) is 31.7 Å². The number of esters is 1. The van der Waals surface area contributed by atoms with Gasteiger partial charge in [-0.15, -0.1) is 0 Å². The minimum atomic E-state index is -2.63. The Bertz CT molecular complexity index is 571. The molecule has 5 nitrogen and oxygen atoms in total. The topological polar surface area (TPSA) is 64.6 Å². The molecule has 1 aromatic carbocycles. The summed E-state index contributed by atoms with van der Waals surface area (Å²) in [4.78, 5) is 24.9. The molecular formula is C16H19F2NO4. The van der Waals surface area contributed by atoms with Gasteiger partial charge in [0, 0.05) is 24.5 Å². The van der Waals surface area contributed by atoms with Crippen LogP contribution < -0.4 is 5.32 Å². The Hall–Kier alpha value is -2.02. The minimum absolute atomic E-state index is 0.162. The first-order valence-corrected chi connectivity index (χ1v) is 7.44. The van der Waals surface area contributed by atoms with E-state index in [4.69, 9.17) is 9.47 Å². The molecule has 0 unspecified atom stereocenters. The lowest BCUT2D eigenvalue weighted by Gasteiger charge is -2.33. The Kier molecular flexibility index (Phi) is 5.65. The molecule has 0 atom stereocenters. The number of alkyl halides is 2. The van der Waals surface area contributed by atoms with Crippen LogP contribution in [-0.2, 0) is 19.1 Å². The van der Waals surface area contributed by atoms with Crippen molar-refractivity contribution in [3.63, 3.8) is 0 Å². The third-order valence-electron chi connectivity index (χ3n) is 3.84. The first kappa shape index (κ1) is 17.3. The van der Waals surface area contributed by atoms with Crippen LogP contribution in [0.1, 0.15) is 31.8 Å². The van der Waals surface area contributed by atoms with Crippen molar-refractivity contribution < 1.29 is 27.8 Å². The maximum absolute atomic E-state index is 12.7. The summed E-state index contributed by atoms with van der Waals surface area (Å²) in [6.07, 6.45) is -2.23. The highest BCUT2D eigenvalue weighted by molar-refractivity contribution is 6.09. The number of ether oxygens (including phenoxy) is 2. The highest BCUT2D eigenvalue weighted by Gasteiger charge is 2.48. The molecule has 0 aromatic heterocycles. The number of nitrogens with one attached hydrogen (secondary N) is 1. The normalized spacial score (nSPS) is 16.9. The molecule has 1 fully saturated rings. The Labute approximate surface area is 133 Å². The third kappa shape index (κ3) is 3.85. The molecule has 0 aliphatic carbocycles. The molecule has 0 saturated carbocycles. The van der Waals surface area contributed by atoms with Crippen molar-refractivity contribution in [1.82, 2.24) is 0 Å². The number of anilines is 1. The summed E-state index contributed by atoms with van der Waals surface area (Å²) in [5.74, 6) is -1.16. The zero-order chi connectivity index (χ0) is 16.9. The summed E-state index contributed by atoms with van der Waals surface area (Å²) in [6, 6.07) is 5.40. The van der Waals surface area contributed by atoms with Gasteiger partial charge in [-0.2, -0.15) is 0 Å². The van der Waals surface area contributed by atoms with Gasteiger partial charge in [0.15, 0.2) is 5.41 Å². The van der Waals surface area contributed by atoms with E-state index >= 15 is 0 Å². The molecule has 0 bridgehead atoms. The Balaban J connectivity index is 2.21. The first-order chi connectivity index (χ1) is 11.0. The van der Waals surface area contributed by atoms with Gasteiger partial charge < -0.3 is 14.8 Å². The molecule has 7 heteroatoms. The van der Waals surface area contributed by atoms with Crippen LogP contribution in [0.2, 0.25) is 0 Å². The molecule has 1 aromatic rings. The van der Waals surface area contributed by atoms with Crippen molar-refractivity contribution in [2.24, 2.45) is 5.41 Å². The number of amides is 1. The Morgan fingerprint density at radius 1 is 1.35 bits per heavy atom. The summed E-state index contributed by atoms with van der Waals surface area (Å²) in [6.45, 7) is 2.36. The quantitative estimate of drug-likeness (QED) is 0.667. The van der Waals surface area contributed by atoms with E-state index in [1.165, 1.54) is 24.3 Å². The molecule has 1 heterocycles. The molecule has 1 saturated heterocycles. The van der Waals surface area contributed by atoms with Crippen molar-refractivity contribution in [3.8, 4) is 0 Å². The second kappa shape index (κ2) is 7.50. The van der Waals surface area contributed by atoms with E-state index in [0.717, 1.165) is 0 Å². The van der Waals surface area contributed by atoms with Crippen molar-refractivity contribution in [2.45, 2.75) is 26.2 Å². The van der Waals surface area contributed by atoms with Gasteiger partial charge in [0.05, 0.1) is 6.61 Å². The van der Waals surface area contributed by atoms with E-state index in [-0.39, 0.29) is 43.9 Å². The van der Waals surface area contributed by atoms with Crippen LogP contribution in [0.3, 0.4) is 0 Å². The van der Waals surface area contributed by atoms with Crippen LogP contribution in [0.4, 0.5) is 14.5 Å². The van der Waals surface area contributed by atoms with E-state index in [2.05, 4.69) is 5.32 Å². The number of benzene rings is 1. The number of hydrogen-bond acceptors (Lipinski definition) is 4. The predicted molar refractivity (Wildman–Crippen MR) is 79.1 cm³/mol. The fourth-order valence-electron chi connectivity index (χ4n) is 2.52. The molecule has 23 heavy (non-hydrogen) atoms. The number of rotatable bonds is 5. The number of halogens is 2. The van der Waals surface area contributed by atoms with Crippen molar-refractivity contribution in [1.29, 1.82) is 0 Å². The highest BCUT2D eigenvalue weighted by atomic mass is 19.3. The van der Waals surface area contributed by atoms with Gasteiger partial charge >= 0.3 is 5.97 Å². The molecule has 1 aliphatic heterocycles. The summed E-state index contributed by atoms with van der Waals surface area (Å²) >= 11 is 0. The lowest BCUT2D eigenvalue weighted by molar-refractivity contribution is -0.165. The molecule has 1 amide bonds. The van der Waals surface area contributed by atoms with Gasteiger partial charge in [0.25, 0.3) is 6.43 Å². The predicted octanol–water partition coefficient (Wildman–Crippen LogP) is 2.92. The van der Waals surface area contributed by atoms with Gasteiger partial charge in [-0.25, -0.2) is 8.78 Å². The zero-order valence-electron chi connectivity index (χ0n) is 12.8. The van der Waals surface area contributed by atoms with E-state index in [1.54, 1.807) is 6.92 Å². The summed E-state index contributed by atoms with van der Waals surface area (Å²) in [7, 11) is 0. The van der Waals surface area contributed by atoms with Gasteiger partial charge in [-0.05, 0) is 31.9 Å². The summed E-state index contributed by atoms with van der Waals surface area (Å²) in [5, 5.41) is 2.56. The second-order valence-electron chi connectivity index (χ2n) is 5.30. The fraction of sp³-hybridized carbons (Fsp3) is 0.500. The van der Waals surface area contributed by atoms with Crippen LogP contribution >= 0.6 is 0 Å². The first-order valence-electron chi connectivity index (χ1n) is 7.44. The maximum atomic E-state index is 12.7. The van der Waals surface area contributed by atoms with Crippen molar-refractivity contribution in [3.05, 3.63) is 29.8 Å². The smallest absolute Gasteiger partial charge is 0.321 e. The number of hydrogen-bond donors (Lipinski definition) is 1. The molecule has 2 rings (SSSR count). The molecule has 126 valence electrons. The monoisotopic (exact) mass is 327 g/mol. The van der Waals surface area contributed by atoms with Crippen LogP contribution in [0.5, 0.6) is 0 Å². The lowest BCUT2D eigenvalue weighted by Crippen LogP contribution is -2.48. The minimum Gasteiger partial charge on any atom is -0.465 e. The largest absolute Gasteiger partial charge is 0.465 e. The van der Waals surface area contributed by atoms with Crippen LogP contribution in [0.25, 0.3) is 0 Å². The van der Waals surface area contributed by atoms with E-state index in [9.17, 15) is 18.4 Å². The summed E-state index contributed by atoms with van der Waals surface area (Å²) < 4.78 is 35.7. The molecule has 0 spiro atoms. The number of carbonyl (C=O) groups is 2. The van der Waals surface area contributed by atoms with Gasteiger partial charge in [0.2, 0.25) is 5.91 Å². The van der Waals surface area contributed by atoms with Crippen LogP contribution in [0, 0.1) is 5.41 Å². The molecule has 0 radical (unpaired) electrons. The average Bonchev–Trinajstić information content (AvgIpc) is 2.55. The fourth-order valence-corrected chi connectivity index (χ4v) is 2.52. The second-order valence-corrected chi connectivity index (χ2v) is 5.30. The van der Waals surface area contributed by atoms with Crippen LogP contribution in [0.15, 0.2) is 24.3 Å². The van der Waals surface area contributed by atoms with E-state index in [0.29, 0.717) is 0 Å². The summed E-state index contributed by atoms with van der Waals surface area (Å²) in [5.41, 5.74) is -1.31. The molecule has 1 N–H and O–H groups in total. The molecular weight excluding hydrogens is 308 g/mol. The Morgan fingerprint density at radius 2 is 2.04 bits per heavy atom. The molecule has 1 aliphatic rings. The average molecular weight is 327 g/mol. The third-order valence-corrected chi connectivity index (χ3v) is 3.84. The SMILES string of the molecule is CCOC(=O)C1(C(=O)Nc2cccc(C(F)F)c2)CCOCC1.